The molecule has 0 fully saturated rings. The lowest BCUT2D eigenvalue weighted by Crippen LogP contribution is -2.38. The number of anilines is 2. The van der Waals surface area contributed by atoms with E-state index in [9.17, 15) is 13.2 Å². The Morgan fingerprint density at radius 3 is 2.33 bits per heavy atom. The van der Waals surface area contributed by atoms with E-state index in [4.69, 9.17) is 16.3 Å². The van der Waals surface area contributed by atoms with E-state index in [1.807, 2.05) is 0 Å². The van der Waals surface area contributed by atoms with Crippen molar-refractivity contribution >= 4 is 54.8 Å². The van der Waals surface area contributed by atoms with Gasteiger partial charge in [0.1, 0.15) is 12.3 Å². The van der Waals surface area contributed by atoms with Crippen LogP contribution < -0.4 is 14.4 Å². The Labute approximate surface area is 188 Å². The van der Waals surface area contributed by atoms with Crippen molar-refractivity contribution < 1.29 is 17.9 Å². The first-order valence-corrected chi connectivity index (χ1v) is 11.4. The van der Waals surface area contributed by atoms with E-state index in [0.717, 1.165) is 8.78 Å². The molecular weight excluding hydrogens is 492 g/mol. The van der Waals surface area contributed by atoms with Gasteiger partial charge >= 0.3 is 0 Å². The summed E-state index contributed by atoms with van der Waals surface area (Å²) in [5.41, 5.74) is 0.795. The molecule has 0 heterocycles. The number of benzene rings is 3. The minimum atomic E-state index is -4.02. The molecule has 0 bridgehead atoms. The molecule has 1 amide bonds. The summed E-state index contributed by atoms with van der Waals surface area (Å²) in [5, 5.41) is 2.94. The number of amides is 1. The molecule has 0 radical (unpaired) electrons. The van der Waals surface area contributed by atoms with Gasteiger partial charge in [0, 0.05) is 10.2 Å². The molecule has 0 aliphatic heterocycles. The van der Waals surface area contributed by atoms with Crippen molar-refractivity contribution in [1.29, 1.82) is 0 Å². The van der Waals surface area contributed by atoms with Crippen molar-refractivity contribution in [2.75, 3.05) is 23.3 Å². The van der Waals surface area contributed by atoms with Crippen LogP contribution in [-0.2, 0) is 14.8 Å². The maximum Gasteiger partial charge on any atom is 0.264 e. The SMILES string of the molecule is COc1ccc(N(CC(=O)Nc2ccc(Br)cc2)S(=O)(=O)c2ccccc2)cc1Cl. The third-order valence-electron chi connectivity index (χ3n) is 4.17. The molecule has 0 aliphatic carbocycles. The predicted octanol–water partition coefficient (Wildman–Crippen LogP) is 4.95. The monoisotopic (exact) mass is 508 g/mol. The van der Waals surface area contributed by atoms with Crippen LogP contribution in [0.1, 0.15) is 0 Å². The zero-order valence-corrected chi connectivity index (χ0v) is 19.0. The largest absolute Gasteiger partial charge is 0.495 e. The number of carbonyl (C=O) groups excluding carboxylic acids is 1. The summed E-state index contributed by atoms with van der Waals surface area (Å²) < 4.78 is 33.6. The summed E-state index contributed by atoms with van der Waals surface area (Å²) >= 11 is 9.53. The summed E-state index contributed by atoms with van der Waals surface area (Å²) in [6.07, 6.45) is 0. The summed E-state index contributed by atoms with van der Waals surface area (Å²) in [7, 11) is -2.56. The molecule has 0 aromatic heterocycles. The van der Waals surface area contributed by atoms with Crippen LogP contribution in [0.5, 0.6) is 5.75 Å². The third-order valence-corrected chi connectivity index (χ3v) is 6.78. The Hall–Kier alpha value is -2.55. The molecule has 0 saturated carbocycles. The van der Waals surface area contributed by atoms with Gasteiger partial charge in [0.15, 0.2) is 0 Å². The summed E-state index contributed by atoms with van der Waals surface area (Å²) in [4.78, 5) is 12.7. The zero-order valence-electron chi connectivity index (χ0n) is 15.9. The average molecular weight is 510 g/mol. The van der Waals surface area contributed by atoms with Gasteiger partial charge in [-0.25, -0.2) is 8.42 Å². The molecule has 9 heteroatoms. The van der Waals surface area contributed by atoms with Crippen molar-refractivity contribution in [1.82, 2.24) is 0 Å². The van der Waals surface area contributed by atoms with E-state index in [1.165, 1.54) is 31.4 Å². The summed E-state index contributed by atoms with van der Waals surface area (Å²) in [6.45, 7) is -0.435. The highest BCUT2D eigenvalue weighted by atomic mass is 79.9. The molecule has 0 unspecified atom stereocenters. The average Bonchev–Trinajstić information content (AvgIpc) is 2.74. The fraction of sp³-hybridized carbons (Fsp3) is 0.0952. The van der Waals surface area contributed by atoms with E-state index >= 15 is 0 Å². The molecule has 30 heavy (non-hydrogen) atoms. The topological polar surface area (TPSA) is 75.7 Å². The van der Waals surface area contributed by atoms with Gasteiger partial charge in [-0.05, 0) is 54.6 Å². The van der Waals surface area contributed by atoms with E-state index in [2.05, 4.69) is 21.2 Å². The molecule has 6 nitrogen and oxygen atoms in total. The number of sulfonamides is 1. The van der Waals surface area contributed by atoms with Gasteiger partial charge < -0.3 is 10.1 Å². The van der Waals surface area contributed by atoms with Crippen molar-refractivity contribution in [3.8, 4) is 5.75 Å². The first kappa shape index (κ1) is 22.1. The van der Waals surface area contributed by atoms with Gasteiger partial charge in [0.05, 0.1) is 22.7 Å². The third kappa shape index (κ3) is 5.13. The normalized spacial score (nSPS) is 11.0. The van der Waals surface area contributed by atoms with Gasteiger partial charge in [-0.3, -0.25) is 9.10 Å². The van der Waals surface area contributed by atoms with Crippen LogP contribution in [0.2, 0.25) is 5.02 Å². The van der Waals surface area contributed by atoms with Crippen LogP contribution in [0.4, 0.5) is 11.4 Å². The number of methoxy groups -OCH3 is 1. The number of rotatable bonds is 7. The maximum atomic E-state index is 13.3. The van der Waals surface area contributed by atoms with E-state index in [0.29, 0.717) is 11.4 Å². The minimum Gasteiger partial charge on any atom is -0.495 e. The molecule has 0 atom stereocenters. The number of nitrogens with one attached hydrogen (secondary N) is 1. The first-order valence-electron chi connectivity index (χ1n) is 8.78. The van der Waals surface area contributed by atoms with E-state index in [1.54, 1.807) is 48.5 Å². The lowest BCUT2D eigenvalue weighted by Gasteiger charge is -2.24. The fourth-order valence-corrected chi connectivity index (χ4v) is 4.66. The predicted molar refractivity (Wildman–Crippen MR) is 122 cm³/mol. The minimum absolute atomic E-state index is 0.0633. The maximum absolute atomic E-state index is 13.3. The molecule has 156 valence electrons. The van der Waals surface area contributed by atoms with Gasteiger partial charge in [-0.2, -0.15) is 0 Å². The van der Waals surface area contributed by atoms with Gasteiger partial charge in [-0.1, -0.05) is 45.7 Å². The van der Waals surface area contributed by atoms with Gasteiger partial charge in [-0.15, -0.1) is 0 Å². The van der Waals surface area contributed by atoms with Crippen molar-refractivity contribution in [3.63, 3.8) is 0 Å². The summed E-state index contributed by atoms with van der Waals surface area (Å²) in [6, 6.07) is 19.4. The second-order valence-corrected chi connectivity index (χ2v) is 9.38. The highest BCUT2D eigenvalue weighted by Gasteiger charge is 2.27. The standard InChI is InChI=1S/C21H18BrClN2O4S/c1-29-20-12-11-17(13-19(20)23)25(30(27,28)18-5-3-2-4-6-18)14-21(26)24-16-9-7-15(22)8-10-16/h2-13H,14H2,1H3,(H,24,26). The number of carbonyl (C=O) groups is 1. The van der Waals surface area contributed by atoms with Crippen LogP contribution in [0.15, 0.2) is 82.2 Å². The second kappa shape index (κ2) is 9.51. The molecule has 0 aliphatic rings. The van der Waals surface area contributed by atoms with E-state index in [-0.39, 0.29) is 15.6 Å². The lowest BCUT2D eigenvalue weighted by molar-refractivity contribution is -0.114. The van der Waals surface area contributed by atoms with E-state index < -0.39 is 22.5 Å². The lowest BCUT2D eigenvalue weighted by atomic mass is 10.3. The zero-order chi connectivity index (χ0) is 21.7. The molecule has 0 spiro atoms. The Morgan fingerprint density at radius 2 is 1.73 bits per heavy atom. The molecular formula is C21H18BrClN2O4S. The highest BCUT2D eigenvalue weighted by Crippen LogP contribution is 2.32. The van der Waals surface area contributed by atoms with Crippen molar-refractivity contribution in [3.05, 3.63) is 82.3 Å². The molecule has 3 aromatic carbocycles. The van der Waals surface area contributed by atoms with Crippen molar-refractivity contribution in [2.45, 2.75) is 4.90 Å². The van der Waals surface area contributed by atoms with Crippen LogP contribution in [-0.4, -0.2) is 28.0 Å². The fourth-order valence-electron chi connectivity index (χ4n) is 2.71. The Balaban J connectivity index is 1.96. The number of halogens is 2. The summed E-state index contributed by atoms with van der Waals surface area (Å²) in [5.74, 6) is -0.0967. The molecule has 3 rings (SSSR count). The number of ether oxygens (including phenoxy) is 1. The number of nitrogens with zero attached hydrogens (tertiary/aromatic N) is 1. The van der Waals surface area contributed by atoms with Gasteiger partial charge in [0.2, 0.25) is 5.91 Å². The van der Waals surface area contributed by atoms with Crippen LogP contribution in [0, 0.1) is 0 Å². The molecule has 1 N–H and O–H groups in total. The number of hydrogen-bond acceptors (Lipinski definition) is 4. The van der Waals surface area contributed by atoms with Crippen LogP contribution in [0.3, 0.4) is 0 Å². The Kier molecular flexibility index (Phi) is 7.02. The van der Waals surface area contributed by atoms with Gasteiger partial charge in [0.25, 0.3) is 10.0 Å². The van der Waals surface area contributed by atoms with Crippen LogP contribution >= 0.6 is 27.5 Å². The highest BCUT2D eigenvalue weighted by molar-refractivity contribution is 9.10. The number of hydrogen-bond donors (Lipinski definition) is 1. The second-order valence-electron chi connectivity index (χ2n) is 6.20. The Morgan fingerprint density at radius 1 is 1.07 bits per heavy atom. The first-order chi connectivity index (χ1) is 14.3. The van der Waals surface area contributed by atoms with Crippen LogP contribution in [0.25, 0.3) is 0 Å². The van der Waals surface area contributed by atoms with Crippen molar-refractivity contribution in [2.24, 2.45) is 0 Å². The molecule has 3 aromatic rings. The smallest absolute Gasteiger partial charge is 0.264 e. The molecule has 0 saturated heterocycles. The Bertz CT molecular complexity index is 1140. The quantitative estimate of drug-likeness (QED) is 0.489.